The van der Waals surface area contributed by atoms with E-state index in [2.05, 4.69) is 31.0 Å². The van der Waals surface area contributed by atoms with E-state index in [9.17, 15) is 14.0 Å². The first kappa shape index (κ1) is 17.9. The second-order valence-corrected chi connectivity index (χ2v) is 8.21. The Morgan fingerprint density at radius 3 is 2.56 bits per heavy atom. The number of aromatic nitrogens is 2. The third-order valence-electron chi connectivity index (χ3n) is 5.25. The number of H-pyrrole nitrogens is 1. The molecular formula is C18H27FN4O2. The lowest BCUT2D eigenvalue weighted by molar-refractivity contribution is -0.130. The highest BCUT2D eigenvalue weighted by Crippen LogP contribution is 2.27. The molecule has 0 aromatic carbocycles. The van der Waals surface area contributed by atoms with Crippen LogP contribution in [0, 0.1) is 5.92 Å². The number of amides is 2. The molecule has 0 spiro atoms. The van der Waals surface area contributed by atoms with Gasteiger partial charge in [0.1, 0.15) is 5.69 Å². The number of hydrogen-bond acceptors (Lipinski definition) is 3. The third-order valence-corrected chi connectivity index (χ3v) is 5.25. The van der Waals surface area contributed by atoms with Crippen LogP contribution in [-0.2, 0) is 10.2 Å². The highest BCUT2D eigenvalue weighted by Gasteiger charge is 2.36. The first-order valence-corrected chi connectivity index (χ1v) is 9.00. The second kappa shape index (κ2) is 6.77. The smallest absolute Gasteiger partial charge is 0.274 e. The summed E-state index contributed by atoms with van der Waals surface area (Å²) in [6, 6.07) is 1.95. The lowest BCUT2D eigenvalue weighted by atomic mass is 9.92. The lowest BCUT2D eigenvalue weighted by Crippen LogP contribution is -2.47. The van der Waals surface area contributed by atoms with Crippen molar-refractivity contribution in [3.63, 3.8) is 0 Å². The van der Waals surface area contributed by atoms with Gasteiger partial charge in [0.15, 0.2) is 0 Å². The van der Waals surface area contributed by atoms with Crippen LogP contribution in [0.1, 0.15) is 56.2 Å². The minimum Gasteiger partial charge on any atom is -0.339 e. The van der Waals surface area contributed by atoms with Crippen LogP contribution < -0.4 is 0 Å². The number of carbonyl (C=O) groups is 2. The van der Waals surface area contributed by atoms with Crippen molar-refractivity contribution in [1.29, 1.82) is 0 Å². The predicted octanol–water partition coefficient (Wildman–Crippen LogP) is 2.13. The number of likely N-dealkylation sites (tertiary alicyclic amines) is 2. The molecule has 1 aromatic heterocycles. The number of hydrogen-bond donors (Lipinski definition) is 1. The Morgan fingerprint density at radius 1 is 1.36 bits per heavy atom. The molecule has 25 heavy (non-hydrogen) atoms. The topological polar surface area (TPSA) is 69.3 Å². The van der Waals surface area contributed by atoms with Crippen LogP contribution in [0.3, 0.4) is 0 Å². The van der Waals surface area contributed by atoms with E-state index < -0.39 is 6.67 Å². The maximum atomic E-state index is 12.8. The minimum absolute atomic E-state index is 0.0505. The molecule has 1 aromatic rings. The van der Waals surface area contributed by atoms with Crippen LogP contribution in [0.25, 0.3) is 0 Å². The Bertz CT molecular complexity index is 644. The summed E-state index contributed by atoms with van der Waals surface area (Å²) in [6.07, 6.45) is 1.80. The van der Waals surface area contributed by atoms with Gasteiger partial charge in [-0.3, -0.25) is 19.1 Å². The van der Waals surface area contributed by atoms with Crippen LogP contribution in [-0.4, -0.2) is 64.2 Å². The van der Waals surface area contributed by atoms with Gasteiger partial charge in [-0.05, 0) is 18.9 Å². The highest BCUT2D eigenvalue weighted by atomic mass is 19.1. The number of piperidine rings is 1. The van der Waals surface area contributed by atoms with Crippen molar-refractivity contribution in [1.82, 2.24) is 20.0 Å². The summed E-state index contributed by atoms with van der Waals surface area (Å²) in [4.78, 5) is 28.3. The van der Waals surface area contributed by atoms with Gasteiger partial charge >= 0.3 is 0 Å². The Labute approximate surface area is 147 Å². The standard InChI is InChI=1S/C18H27FN4O2/c1-18(2,3)15-9-14(20-21-15)17(25)22-6-4-13(5-7-22)23-11-12(10-19)8-16(23)24/h9,12-13H,4-8,10-11H2,1-3H3,(H,20,21). The van der Waals surface area contributed by atoms with Gasteiger partial charge in [0.05, 0.1) is 6.67 Å². The van der Waals surface area contributed by atoms with Crippen molar-refractivity contribution < 1.29 is 14.0 Å². The molecule has 0 bridgehead atoms. The van der Waals surface area contributed by atoms with Crippen molar-refractivity contribution in [3.05, 3.63) is 17.5 Å². The van der Waals surface area contributed by atoms with Gasteiger partial charge in [0.25, 0.3) is 5.91 Å². The van der Waals surface area contributed by atoms with E-state index >= 15 is 0 Å². The van der Waals surface area contributed by atoms with E-state index in [1.807, 2.05) is 11.0 Å². The van der Waals surface area contributed by atoms with Gasteiger partial charge in [0.2, 0.25) is 5.91 Å². The van der Waals surface area contributed by atoms with Crippen molar-refractivity contribution >= 4 is 11.8 Å². The molecule has 3 rings (SSSR count). The molecule has 2 amide bonds. The zero-order chi connectivity index (χ0) is 18.2. The molecule has 7 heteroatoms. The van der Waals surface area contributed by atoms with E-state index in [1.54, 1.807) is 4.90 Å². The number of halogens is 1. The minimum atomic E-state index is -0.436. The lowest BCUT2D eigenvalue weighted by Gasteiger charge is -2.36. The maximum Gasteiger partial charge on any atom is 0.274 e. The fourth-order valence-electron chi connectivity index (χ4n) is 3.62. The molecule has 2 fully saturated rings. The first-order chi connectivity index (χ1) is 11.8. The molecule has 2 aliphatic heterocycles. The number of nitrogens with zero attached hydrogens (tertiary/aromatic N) is 3. The van der Waals surface area contributed by atoms with Crippen molar-refractivity contribution in [2.45, 2.75) is 51.5 Å². The average Bonchev–Trinajstić information content (AvgIpc) is 3.21. The summed E-state index contributed by atoms with van der Waals surface area (Å²) in [5.74, 6) is -0.179. The Morgan fingerprint density at radius 2 is 2.04 bits per heavy atom. The second-order valence-electron chi connectivity index (χ2n) is 8.21. The van der Waals surface area contributed by atoms with Crippen LogP contribution in [0.2, 0.25) is 0 Å². The molecule has 0 radical (unpaired) electrons. The highest BCUT2D eigenvalue weighted by molar-refractivity contribution is 5.92. The molecule has 1 atom stereocenters. The van der Waals surface area contributed by atoms with Gasteiger partial charge in [-0.25, -0.2) is 0 Å². The monoisotopic (exact) mass is 350 g/mol. The first-order valence-electron chi connectivity index (χ1n) is 9.00. The molecular weight excluding hydrogens is 323 g/mol. The van der Waals surface area contributed by atoms with E-state index in [1.165, 1.54) is 0 Å². The molecule has 0 aliphatic carbocycles. The summed E-state index contributed by atoms with van der Waals surface area (Å²) >= 11 is 0. The van der Waals surface area contributed by atoms with Crippen molar-refractivity contribution in [2.75, 3.05) is 26.3 Å². The Kier molecular flexibility index (Phi) is 4.84. The summed E-state index contributed by atoms with van der Waals surface area (Å²) < 4.78 is 12.8. The predicted molar refractivity (Wildman–Crippen MR) is 92.0 cm³/mol. The molecule has 1 unspecified atom stereocenters. The van der Waals surface area contributed by atoms with Gasteiger partial charge < -0.3 is 9.80 Å². The van der Waals surface area contributed by atoms with Gasteiger partial charge in [-0.15, -0.1) is 0 Å². The summed E-state index contributed by atoms with van der Waals surface area (Å²) in [6.45, 7) is 7.49. The largest absolute Gasteiger partial charge is 0.339 e. The number of alkyl halides is 1. The van der Waals surface area contributed by atoms with Crippen LogP contribution in [0.4, 0.5) is 4.39 Å². The molecule has 2 saturated heterocycles. The molecule has 3 heterocycles. The van der Waals surface area contributed by atoms with Gasteiger partial charge in [0, 0.05) is 49.1 Å². The normalized spacial score (nSPS) is 22.7. The number of rotatable bonds is 3. The van der Waals surface area contributed by atoms with Crippen molar-refractivity contribution in [2.24, 2.45) is 5.92 Å². The number of carbonyl (C=O) groups excluding carboxylic acids is 2. The van der Waals surface area contributed by atoms with E-state index in [4.69, 9.17) is 0 Å². The van der Waals surface area contributed by atoms with Crippen molar-refractivity contribution in [3.8, 4) is 0 Å². The zero-order valence-electron chi connectivity index (χ0n) is 15.2. The molecule has 138 valence electrons. The zero-order valence-corrected chi connectivity index (χ0v) is 15.2. The average molecular weight is 350 g/mol. The van der Waals surface area contributed by atoms with E-state index in [0.717, 1.165) is 18.5 Å². The Balaban J connectivity index is 1.58. The fraction of sp³-hybridized carbons (Fsp3) is 0.722. The number of aromatic amines is 1. The maximum absolute atomic E-state index is 12.8. The molecule has 2 aliphatic rings. The molecule has 0 saturated carbocycles. The van der Waals surface area contributed by atoms with Crippen LogP contribution in [0.5, 0.6) is 0 Å². The quantitative estimate of drug-likeness (QED) is 0.908. The number of nitrogens with one attached hydrogen (secondary N) is 1. The van der Waals surface area contributed by atoms with E-state index in [-0.39, 0.29) is 29.2 Å². The van der Waals surface area contributed by atoms with E-state index in [0.29, 0.717) is 31.7 Å². The molecule has 6 nitrogen and oxygen atoms in total. The summed E-state index contributed by atoms with van der Waals surface area (Å²) in [5, 5.41) is 7.12. The fourth-order valence-corrected chi connectivity index (χ4v) is 3.62. The van der Waals surface area contributed by atoms with Gasteiger partial charge in [-0.1, -0.05) is 20.8 Å². The van der Waals surface area contributed by atoms with Crippen LogP contribution >= 0.6 is 0 Å². The van der Waals surface area contributed by atoms with Gasteiger partial charge in [-0.2, -0.15) is 5.10 Å². The molecule has 1 N–H and O–H groups in total. The summed E-state index contributed by atoms with van der Waals surface area (Å²) in [7, 11) is 0. The third kappa shape index (κ3) is 3.70. The SMILES string of the molecule is CC(C)(C)c1cc(C(=O)N2CCC(N3CC(CF)CC3=O)CC2)n[nH]1. The Hall–Kier alpha value is -1.92. The summed E-state index contributed by atoms with van der Waals surface area (Å²) in [5.41, 5.74) is 1.30. The van der Waals surface area contributed by atoms with Crippen LogP contribution in [0.15, 0.2) is 6.07 Å².